The van der Waals surface area contributed by atoms with Crippen LogP contribution in [0.15, 0.2) is 72.8 Å². The molecule has 0 bridgehead atoms. The fraction of sp³-hybridized carbons (Fsp3) is 0.120. The maximum absolute atomic E-state index is 12.0. The van der Waals surface area contributed by atoms with E-state index in [9.17, 15) is 9.59 Å². The standard InChI is InChI=1S/C17H16N2O.C8H7NO/c1-19(2)13-9-7-12(8-10-13)11-15-14-5-3-4-6-16(14)18-17(15)20;10-8-5-6-3-1-2-4-7(6)9-8/h3-11H,1-2H3,(H,18,20);1-4H,5H2,(H,9,10)/b15-11-;. The van der Waals surface area contributed by atoms with E-state index >= 15 is 0 Å². The number of carbonyl (C=O) groups excluding carboxylic acids is 2. The van der Waals surface area contributed by atoms with Crippen molar-refractivity contribution in [3.05, 3.63) is 89.5 Å². The van der Waals surface area contributed by atoms with Crippen LogP contribution in [0.1, 0.15) is 16.7 Å². The summed E-state index contributed by atoms with van der Waals surface area (Å²) < 4.78 is 0. The van der Waals surface area contributed by atoms with Gasteiger partial charge in [-0.25, -0.2) is 0 Å². The van der Waals surface area contributed by atoms with Crippen LogP contribution >= 0.6 is 0 Å². The third-order valence-corrected chi connectivity index (χ3v) is 5.07. The Bertz CT molecular complexity index is 1100. The van der Waals surface area contributed by atoms with Crippen LogP contribution in [-0.4, -0.2) is 25.9 Å². The average Bonchev–Trinajstić information content (AvgIpc) is 3.27. The van der Waals surface area contributed by atoms with E-state index in [4.69, 9.17) is 0 Å². The van der Waals surface area contributed by atoms with E-state index in [2.05, 4.69) is 15.5 Å². The highest BCUT2D eigenvalue weighted by Crippen LogP contribution is 2.32. The zero-order chi connectivity index (χ0) is 21.1. The van der Waals surface area contributed by atoms with E-state index in [0.29, 0.717) is 6.42 Å². The molecule has 0 saturated carbocycles. The van der Waals surface area contributed by atoms with Crippen molar-refractivity contribution >= 4 is 40.5 Å². The van der Waals surface area contributed by atoms with E-state index in [0.717, 1.165) is 39.3 Å². The Kier molecular flexibility index (Phi) is 5.35. The summed E-state index contributed by atoms with van der Waals surface area (Å²) in [5, 5.41) is 5.64. The number of nitrogens with zero attached hydrogens (tertiary/aromatic N) is 1. The van der Waals surface area contributed by atoms with Crippen molar-refractivity contribution in [1.82, 2.24) is 0 Å². The number of benzene rings is 3. The summed E-state index contributed by atoms with van der Waals surface area (Å²) >= 11 is 0. The number of carbonyl (C=O) groups is 2. The van der Waals surface area contributed by atoms with Gasteiger partial charge in [0.1, 0.15) is 0 Å². The lowest BCUT2D eigenvalue weighted by Crippen LogP contribution is -2.08. The predicted octanol–water partition coefficient (Wildman–Crippen LogP) is 4.43. The molecule has 3 aromatic carbocycles. The van der Waals surface area contributed by atoms with E-state index in [-0.39, 0.29) is 11.8 Å². The largest absolute Gasteiger partial charge is 0.378 e. The van der Waals surface area contributed by atoms with Gasteiger partial charge in [0.15, 0.2) is 0 Å². The van der Waals surface area contributed by atoms with E-state index in [1.165, 1.54) is 0 Å². The van der Waals surface area contributed by atoms with Gasteiger partial charge in [0.25, 0.3) is 5.91 Å². The molecule has 2 heterocycles. The summed E-state index contributed by atoms with van der Waals surface area (Å²) in [6.07, 6.45) is 2.47. The summed E-state index contributed by atoms with van der Waals surface area (Å²) in [7, 11) is 4.02. The highest BCUT2D eigenvalue weighted by atomic mass is 16.2. The highest BCUT2D eigenvalue weighted by Gasteiger charge is 2.23. The van der Waals surface area contributed by atoms with Crippen LogP contribution in [0, 0.1) is 0 Å². The molecule has 0 spiro atoms. The molecule has 0 aliphatic carbocycles. The number of hydrogen-bond acceptors (Lipinski definition) is 3. The Balaban J connectivity index is 0.000000181. The Morgan fingerprint density at radius 2 is 1.47 bits per heavy atom. The first-order valence-corrected chi connectivity index (χ1v) is 9.79. The van der Waals surface area contributed by atoms with Crippen molar-refractivity contribution in [2.45, 2.75) is 6.42 Å². The van der Waals surface area contributed by atoms with Gasteiger partial charge < -0.3 is 15.5 Å². The molecule has 2 N–H and O–H groups in total. The molecule has 2 amide bonds. The van der Waals surface area contributed by atoms with Crippen LogP contribution in [0.3, 0.4) is 0 Å². The van der Waals surface area contributed by atoms with E-state index < -0.39 is 0 Å². The average molecular weight is 397 g/mol. The molecular weight excluding hydrogens is 374 g/mol. The maximum atomic E-state index is 12.0. The van der Waals surface area contributed by atoms with Crippen molar-refractivity contribution < 1.29 is 9.59 Å². The zero-order valence-corrected chi connectivity index (χ0v) is 17.0. The number of rotatable bonds is 2. The predicted molar refractivity (Wildman–Crippen MR) is 122 cm³/mol. The van der Waals surface area contributed by atoms with Crippen LogP contribution in [0.25, 0.3) is 11.6 Å². The number of hydrogen-bond donors (Lipinski definition) is 2. The van der Waals surface area contributed by atoms with Crippen molar-refractivity contribution in [1.29, 1.82) is 0 Å². The van der Waals surface area contributed by atoms with Crippen LogP contribution in [0.2, 0.25) is 0 Å². The lowest BCUT2D eigenvalue weighted by atomic mass is 10.0. The second-order valence-corrected chi connectivity index (χ2v) is 7.43. The van der Waals surface area contributed by atoms with Gasteiger partial charge in [0.2, 0.25) is 5.91 Å². The molecule has 3 aromatic rings. The molecule has 0 saturated heterocycles. The van der Waals surface area contributed by atoms with Crippen LogP contribution in [0.5, 0.6) is 0 Å². The van der Waals surface area contributed by atoms with Crippen molar-refractivity contribution in [3.63, 3.8) is 0 Å². The molecule has 5 nitrogen and oxygen atoms in total. The molecule has 0 atom stereocenters. The molecular formula is C25H23N3O2. The zero-order valence-electron chi connectivity index (χ0n) is 17.0. The van der Waals surface area contributed by atoms with Gasteiger partial charge in [0.05, 0.1) is 6.42 Å². The van der Waals surface area contributed by atoms with Gasteiger partial charge >= 0.3 is 0 Å². The number of anilines is 3. The Morgan fingerprint density at radius 3 is 2.17 bits per heavy atom. The Morgan fingerprint density at radius 1 is 0.800 bits per heavy atom. The monoisotopic (exact) mass is 397 g/mol. The third-order valence-electron chi connectivity index (χ3n) is 5.07. The Labute approximate surface area is 176 Å². The molecule has 30 heavy (non-hydrogen) atoms. The lowest BCUT2D eigenvalue weighted by Gasteiger charge is -2.11. The minimum absolute atomic E-state index is 0.0390. The SMILES string of the molecule is CN(C)c1ccc(/C=C2\C(=O)Nc3ccccc32)cc1.O=C1Cc2ccccc2N1. The molecule has 0 unspecified atom stereocenters. The summed E-state index contributed by atoms with van der Waals surface area (Å²) in [4.78, 5) is 24.9. The normalized spacial score (nSPS) is 14.9. The van der Waals surface area contributed by atoms with Gasteiger partial charge in [-0.15, -0.1) is 0 Å². The molecule has 0 aromatic heterocycles. The highest BCUT2D eigenvalue weighted by molar-refractivity contribution is 6.34. The topological polar surface area (TPSA) is 61.4 Å². The first kappa shape index (κ1) is 19.5. The number of amides is 2. The smallest absolute Gasteiger partial charge is 0.256 e. The number of para-hydroxylation sites is 2. The fourth-order valence-corrected chi connectivity index (χ4v) is 3.48. The van der Waals surface area contributed by atoms with Crippen molar-refractivity contribution in [2.24, 2.45) is 0 Å². The quantitative estimate of drug-likeness (QED) is 0.629. The summed E-state index contributed by atoms with van der Waals surface area (Å²) in [5.41, 5.74) is 6.81. The maximum Gasteiger partial charge on any atom is 0.256 e. The molecule has 5 rings (SSSR count). The van der Waals surface area contributed by atoms with Gasteiger partial charge in [-0.05, 0) is 41.5 Å². The summed E-state index contributed by atoms with van der Waals surface area (Å²) in [6.45, 7) is 0. The number of fused-ring (bicyclic) bond motifs is 2. The van der Waals surface area contributed by atoms with Crippen LogP contribution < -0.4 is 15.5 Å². The minimum Gasteiger partial charge on any atom is -0.378 e. The molecule has 150 valence electrons. The molecule has 0 radical (unpaired) electrons. The summed E-state index contributed by atoms with van der Waals surface area (Å²) in [5.74, 6) is 0.0593. The number of nitrogens with one attached hydrogen (secondary N) is 2. The second kappa shape index (κ2) is 8.25. The molecule has 0 fully saturated rings. The molecule has 5 heteroatoms. The molecule has 2 aliphatic rings. The third kappa shape index (κ3) is 4.10. The first-order chi connectivity index (χ1) is 14.5. The fourth-order valence-electron chi connectivity index (χ4n) is 3.48. The van der Waals surface area contributed by atoms with E-state index in [1.54, 1.807) is 0 Å². The Hall–Kier alpha value is -3.86. The summed E-state index contributed by atoms with van der Waals surface area (Å²) in [6, 6.07) is 23.6. The van der Waals surface area contributed by atoms with Crippen LogP contribution in [0.4, 0.5) is 17.1 Å². The van der Waals surface area contributed by atoms with Crippen LogP contribution in [-0.2, 0) is 16.0 Å². The van der Waals surface area contributed by atoms with Crippen molar-refractivity contribution in [3.8, 4) is 0 Å². The van der Waals surface area contributed by atoms with Crippen molar-refractivity contribution in [2.75, 3.05) is 29.6 Å². The minimum atomic E-state index is -0.0390. The van der Waals surface area contributed by atoms with E-state index in [1.807, 2.05) is 93.0 Å². The van der Waals surface area contributed by atoms with Gasteiger partial charge in [0, 0.05) is 42.3 Å². The van der Waals surface area contributed by atoms with Gasteiger partial charge in [-0.3, -0.25) is 9.59 Å². The van der Waals surface area contributed by atoms with Gasteiger partial charge in [-0.1, -0.05) is 48.5 Å². The van der Waals surface area contributed by atoms with Gasteiger partial charge in [-0.2, -0.15) is 0 Å². The molecule has 2 aliphatic heterocycles. The second-order valence-electron chi connectivity index (χ2n) is 7.43. The lowest BCUT2D eigenvalue weighted by molar-refractivity contribution is -0.115. The first-order valence-electron chi connectivity index (χ1n) is 9.79.